The molecular weight excluding hydrogens is 514 g/mol. The number of hydrogen-bond donors (Lipinski definition) is 2. The summed E-state index contributed by atoms with van der Waals surface area (Å²) in [6, 6.07) is 15.5. The number of nitrogens with zero attached hydrogens (tertiary/aromatic N) is 2. The first-order chi connectivity index (χ1) is 18.9. The molecule has 3 saturated heterocycles. The lowest BCUT2D eigenvalue weighted by atomic mass is 9.71. The third kappa shape index (κ3) is 4.59. The van der Waals surface area contributed by atoms with Crippen LogP contribution in [0.2, 0.25) is 0 Å². The normalized spacial score (nSPS) is 27.8. The number of aliphatic hydroxyl groups excluding tert-OH is 1. The highest BCUT2D eigenvalue weighted by molar-refractivity contribution is 8.02. The number of likely N-dealkylation sites (tertiary alicyclic amines) is 1. The van der Waals surface area contributed by atoms with Gasteiger partial charge in [-0.2, -0.15) is 0 Å². The smallest absolute Gasteiger partial charge is 0.310 e. The number of ether oxygens (including phenoxy) is 1. The topological polar surface area (TPSA) is 99.2 Å². The predicted molar refractivity (Wildman–Crippen MR) is 152 cm³/mol. The Morgan fingerprint density at radius 3 is 2.44 bits per heavy atom. The van der Waals surface area contributed by atoms with Crippen molar-refractivity contribution in [3.8, 4) is 0 Å². The number of nitrogens with one attached hydrogen (secondary N) is 1. The van der Waals surface area contributed by atoms with Crippen LogP contribution >= 0.6 is 11.8 Å². The fraction of sp³-hybridized carbons (Fsp3) is 0.500. The molecule has 3 aliphatic rings. The lowest BCUT2D eigenvalue weighted by molar-refractivity contribution is -0.154. The summed E-state index contributed by atoms with van der Waals surface area (Å²) in [7, 11) is 0. The van der Waals surface area contributed by atoms with E-state index in [-0.39, 0.29) is 36.2 Å². The van der Waals surface area contributed by atoms with Gasteiger partial charge in [-0.15, -0.1) is 11.8 Å². The highest BCUT2D eigenvalue weighted by atomic mass is 32.2. The standard InChI is InChI=1S/C30H37N3O5S/c1-4-32(5-2)21-14-12-20(13-15-21)31-27(35)26-30-17-16-23(39-30)24(29(37)38-6-3)25(30)28(36)33(26)22(18-34)19-10-8-7-9-11-19/h7-15,22-26,34H,4-6,16-18H2,1-3H3,(H,31,35)/t22-,23-,24+,25+,26?,30?/m1/s1. The van der Waals surface area contributed by atoms with E-state index >= 15 is 0 Å². The van der Waals surface area contributed by atoms with Crippen LogP contribution in [0.15, 0.2) is 54.6 Å². The van der Waals surface area contributed by atoms with E-state index in [9.17, 15) is 19.5 Å². The van der Waals surface area contributed by atoms with Gasteiger partial charge in [0, 0.05) is 29.7 Å². The van der Waals surface area contributed by atoms with Crippen molar-refractivity contribution in [3.63, 3.8) is 0 Å². The van der Waals surface area contributed by atoms with Crippen molar-refractivity contribution in [3.05, 3.63) is 60.2 Å². The van der Waals surface area contributed by atoms with Gasteiger partial charge in [0.1, 0.15) is 6.04 Å². The maximum atomic E-state index is 14.2. The molecule has 5 rings (SSSR count). The van der Waals surface area contributed by atoms with Gasteiger partial charge in [0.05, 0.1) is 35.8 Å². The Hall–Kier alpha value is -3.04. The van der Waals surface area contributed by atoms with Crippen LogP contribution in [0.4, 0.5) is 11.4 Å². The molecule has 39 heavy (non-hydrogen) atoms. The fourth-order valence-electron chi connectivity index (χ4n) is 6.82. The average molecular weight is 552 g/mol. The Labute approximate surface area is 234 Å². The molecule has 0 saturated carbocycles. The minimum absolute atomic E-state index is 0.0619. The fourth-order valence-corrected chi connectivity index (χ4v) is 9.01. The predicted octanol–water partition coefficient (Wildman–Crippen LogP) is 3.86. The molecule has 2 amide bonds. The van der Waals surface area contributed by atoms with Gasteiger partial charge in [-0.25, -0.2) is 0 Å². The van der Waals surface area contributed by atoms with E-state index in [4.69, 9.17) is 4.74 Å². The molecule has 2 aromatic carbocycles. The van der Waals surface area contributed by atoms with Gasteiger partial charge >= 0.3 is 5.97 Å². The van der Waals surface area contributed by atoms with Crippen molar-refractivity contribution >= 4 is 40.9 Å². The second-order valence-corrected chi connectivity index (χ2v) is 12.0. The number of rotatable bonds is 10. The third-order valence-corrected chi connectivity index (χ3v) is 10.5. The van der Waals surface area contributed by atoms with Crippen LogP contribution in [0, 0.1) is 11.8 Å². The van der Waals surface area contributed by atoms with E-state index in [0.717, 1.165) is 30.8 Å². The number of thioether (sulfide) groups is 1. The van der Waals surface area contributed by atoms with Gasteiger partial charge in [0.15, 0.2) is 0 Å². The number of anilines is 2. The maximum absolute atomic E-state index is 14.2. The van der Waals surface area contributed by atoms with Crippen LogP contribution in [0.1, 0.15) is 45.2 Å². The molecule has 6 atom stereocenters. The number of benzene rings is 2. The summed E-state index contributed by atoms with van der Waals surface area (Å²) < 4.78 is 4.64. The van der Waals surface area contributed by atoms with E-state index in [1.807, 2.05) is 54.6 Å². The molecule has 208 valence electrons. The summed E-state index contributed by atoms with van der Waals surface area (Å²) in [6.45, 7) is 7.63. The largest absolute Gasteiger partial charge is 0.466 e. The number of fused-ring (bicyclic) bond motifs is 1. The van der Waals surface area contributed by atoms with E-state index in [0.29, 0.717) is 12.1 Å². The molecule has 3 aliphatic heterocycles. The molecule has 2 N–H and O–H groups in total. The molecule has 8 nitrogen and oxygen atoms in total. The summed E-state index contributed by atoms with van der Waals surface area (Å²) in [4.78, 5) is 45.2. The third-order valence-electron chi connectivity index (χ3n) is 8.50. The average Bonchev–Trinajstić information content (AvgIpc) is 3.59. The molecular formula is C30H37N3O5S. The zero-order valence-electron chi connectivity index (χ0n) is 22.7. The molecule has 3 fully saturated rings. The number of amides is 2. The van der Waals surface area contributed by atoms with Crippen molar-refractivity contribution < 1.29 is 24.2 Å². The zero-order valence-corrected chi connectivity index (χ0v) is 23.5. The summed E-state index contributed by atoms with van der Waals surface area (Å²) in [5.41, 5.74) is 2.46. The Morgan fingerprint density at radius 2 is 1.82 bits per heavy atom. The quantitative estimate of drug-likeness (QED) is 0.433. The van der Waals surface area contributed by atoms with Gasteiger partial charge in [0.2, 0.25) is 11.8 Å². The van der Waals surface area contributed by atoms with Crippen LogP contribution in [0.25, 0.3) is 0 Å². The molecule has 0 radical (unpaired) electrons. The number of carbonyl (C=O) groups is 3. The van der Waals surface area contributed by atoms with Crippen molar-refractivity contribution in [1.29, 1.82) is 0 Å². The van der Waals surface area contributed by atoms with Crippen LogP contribution in [0.3, 0.4) is 0 Å². The Balaban J connectivity index is 1.52. The molecule has 2 unspecified atom stereocenters. The second kappa shape index (κ2) is 11.2. The lowest BCUT2D eigenvalue weighted by Crippen LogP contribution is -2.52. The molecule has 9 heteroatoms. The van der Waals surface area contributed by atoms with E-state index < -0.39 is 28.7 Å². The van der Waals surface area contributed by atoms with Crippen molar-refractivity contribution in [2.24, 2.45) is 11.8 Å². The van der Waals surface area contributed by atoms with Crippen molar-refractivity contribution in [2.75, 3.05) is 36.5 Å². The first kappa shape index (κ1) is 27.5. The monoisotopic (exact) mass is 551 g/mol. The van der Waals surface area contributed by atoms with Gasteiger partial charge in [-0.05, 0) is 63.4 Å². The Kier molecular flexibility index (Phi) is 7.91. The van der Waals surface area contributed by atoms with Crippen molar-refractivity contribution in [2.45, 2.75) is 55.7 Å². The minimum Gasteiger partial charge on any atom is -0.466 e. The number of carbonyl (C=O) groups excluding carboxylic acids is 3. The van der Waals surface area contributed by atoms with E-state index in [2.05, 4.69) is 24.1 Å². The summed E-state index contributed by atoms with van der Waals surface area (Å²) in [5.74, 6) is -2.20. The highest BCUT2D eigenvalue weighted by Gasteiger charge is 2.74. The van der Waals surface area contributed by atoms with Gasteiger partial charge in [0.25, 0.3) is 0 Å². The Bertz CT molecular complexity index is 1200. The number of hydrogen-bond acceptors (Lipinski definition) is 7. The maximum Gasteiger partial charge on any atom is 0.310 e. The molecule has 1 spiro atoms. The molecule has 3 heterocycles. The van der Waals surface area contributed by atoms with E-state index in [1.165, 1.54) is 0 Å². The molecule has 0 aliphatic carbocycles. The summed E-state index contributed by atoms with van der Waals surface area (Å²) >= 11 is 1.59. The summed E-state index contributed by atoms with van der Waals surface area (Å²) in [6.07, 6.45) is 1.39. The van der Waals surface area contributed by atoms with Crippen LogP contribution < -0.4 is 10.2 Å². The first-order valence-electron chi connectivity index (χ1n) is 13.9. The SMILES string of the molecule is CCOC(=O)[C@@H]1[C@H]2C(=O)N([C@H](CO)c3ccccc3)C(C(=O)Nc3ccc(N(CC)CC)cc3)C23CC[C@H]1S3. The molecule has 2 aromatic rings. The summed E-state index contributed by atoms with van der Waals surface area (Å²) in [5, 5.41) is 13.5. The number of esters is 1. The second-order valence-electron chi connectivity index (χ2n) is 10.4. The first-order valence-corrected chi connectivity index (χ1v) is 14.8. The van der Waals surface area contributed by atoms with Gasteiger partial charge in [-0.3, -0.25) is 14.4 Å². The van der Waals surface area contributed by atoms with Crippen LogP contribution in [-0.2, 0) is 19.1 Å². The Morgan fingerprint density at radius 1 is 1.13 bits per heavy atom. The zero-order chi connectivity index (χ0) is 27.7. The lowest BCUT2D eigenvalue weighted by Gasteiger charge is -2.37. The van der Waals surface area contributed by atoms with Crippen LogP contribution in [0.5, 0.6) is 0 Å². The van der Waals surface area contributed by atoms with Gasteiger partial charge < -0.3 is 25.0 Å². The van der Waals surface area contributed by atoms with Gasteiger partial charge in [-0.1, -0.05) is 30.3 Å². The molecule has 0 aromatic heterocycles. The minimum atomic E-state index is -0.843. The van der Waals surface area contributed by atoms with Crippen LogP contribution in [-0.4, -0.2) is 70.1 Å². The van der Waals surface area contributed by atoms with Crippen molar-refractivity contribution in [1.82, 2.24) is 4.90 Å². The van der Waals surface area contributed by atoms with E-state index in [1.54, 1.807) is 23.6 Å². The molecule has 2 bridgehead atoms. The highest BCUT2D eigenvalue weighted by Crippen LogP contribution is 2.67. The number of aliphatic hydroxyl groups is 1.